The van der Waals surface area contributed by atoms with E-state index in [1.165, 1.54) is 11.3 Å². The van der Waals surface area contributed by atoms with Crippen molar-refractivity contribution in [2.45, 2.75) is 13.5 Å². The summed E-state index contributed by atoms with van der Waals surface area (Å²) in [4.78, 5) is 4.93. The van der Waals surface area contributed by atoms with Crippen molar-refractivity contribution in [1.29, 1.82) is 0 Å². The number of benzene rings is 1. The summed E-state index contributed by atoms with van der Waals surface area (Å²) >= 11 is 3.55. The molecule has 0 amide bonds. The Morgan fingerprint density at radius 3 is 2.47 bits per heavy atom. The first-order chi connectivity index (χ1) is 8.22. The highest BCUT2D eigenvalue weighted by Gasteiger charge is 2.16. The average Bonchev–Trinajstić information content (AvgIpc) is 2.38. The Bertz CT molecular complexity index is 373. The molecular formula is C13H20BrN3. The molecule has 0 spiro atoms. The van der Waals surface area contributed by atoms with Crippen LogP contribution >= 0.6 is 15.9 Å². The number of nitrogens with two attached hydrogens (primary N) is 1. The highest BCUT2D eigenvalue weighted by molar-refractivity contribution is 9.10. The fourth-order valence-electron chi connectivity index (χ4n) is 2.26. The molecule has 17 heavy (non-hydrogen) atoms. The van der Waals surface area contributed by atoms with E-state index in [2.05, 4.69) is 50.9 Å². The van der Waals surface area contributed by atoms with Crippen LogP contribution < -0.4 is 10.6 Å². The van der Waals surface area contributed by atoms with Crippen molar-refractivity contribution in [2.24, 2.45) is 5.73 Å². The van der Waals surface area contributed by atoms with E-state index in [0.717, 1.165) is 37.2 Å². The zero-order valence-electron chi connectivity index (χ0n) is 10.3. The zero-order valence-corrected chi connectivity index (χ0v) is 11.9. The second-order valence-electron chi connectivity index (χ2n) is 4.44. The van der Waals surface area contributed by atoms with Gasteiger partial charge in [0.1, 0.15) is 0 Å². The molecule has 0 saturated carbocycles. The van der Waals surface area contributed by atoms with Gasteiger partial charge in [-0.05, 0) is 30.3 Å². The van der Waals surface area contributed by atoms with Crippen LogP contribution in [0.15, 0.2) is 22.7 Å². The number of rotatable bonds is 3. The Kier molecular flexibility index (Phi) is 4.42. The van der Waals surface area contributed by atoms with Crippen molar-refractivity contribution in [3.05, 3.63) is 28.2 Å². The van der Waals surface area contributed by atoms with Gasteiger partial charge in [0.05, 0.1) is 0 Å². The van der Waals surface area contributed by atoms with Gasteiger partial charge in [-0.25, -0.2) is 0 Å². The topological polar surface area (TPSA) is 32.5 Å². The van der Waals surface area contributed by atoms with Crippen LogP contribution in [-0.4, -0.2) is 37.6 Å². The lowest BCUT2D eigenvalue weighted by molar-refractivity contribution is 0.271. The summed E-state index contributed by atoms with van der Waals surface area (Å²) in [5.41, 5.74) is 8.19. The van der Waals surface area contributed by atoms with Gasteiger partial charge in [0, 0.05) is 42.9 Å². The minimum Gasteiger partial charge on any atom is -0.369 e. The molecule has 1 aliphatic heterocycles. The monoisotopic (exact) mass is 297 g/mol. The normalized spacial score (nSPS) is 17.5. The molecule has 0 aliphatic carbocycles. The number of anilines is 1. The highest BCUT2D eigenvalue weighted by atomic mass is 79.9. The Labute approximate surface area is 112 Å². The van der Waals surface area contributed by atoms with Crippen molar-refractivity contribution >= 4 is 21.6 Å². The standard InChI is InChI=1S/C13H20BrN3/c1-2-16-3-5-17(6-4-16)13-8-11(10-15)7-12(14)9-13/h7-9H,2-6,10,15H2,1H3. The van der Waals surface area contributed by atoms with Crippen molar-refractivity contribution in [3.8, 4) is 0 Å². The predicted octanol–water partition coefficient (Wildman–Crippen LogP) is 2.05. The van der Waals surface area contributed by atoms with Gasteiger partial charge in [0.25, 0.3) is 0 Å². The van der Waals surface area contributed by atoms with E-state index in [1.54, 1.807) is 0 Å². The summed E-state index contributed by atoms with van der Waals surface area (Å²) in [6.07, 6.45) is 0. The molecule has 1 aromatic carbocycles. The second kappa shape index (κ2) is 5.85. The van der Waals surface area contributed by atoms with Gasteiger partial charge >= 0.3 is 0 Å². The molecule has 1 heterocycles. The van der Waals surface area contributed by atoms with Crippen molar-refractivity contribution < 1.29 is 0 Å². The van der Waals surface area contributed by atoms with Crippen LogP contribution in [0.2, 0.25) is 0 Å². The van der Waals surface area contributed by atoms with Gasteiger partial charge in [-0.3, -0.25) is 0 Å². The summed E-state index contributed by atoms with van der Waals surface area (Å²) in [6, 6.07) is 6.47. The minimum atomic E-state index is 0.599. The van der Waals surface area contributed by atoms with E-state index in [4.69, 9.17) is 5.73 Å². The van der Waals surface area contributed by atoms with Gasteiger partial charge in [-0.15, -0.1) is 0 Å². The van der Waals surface area contributed by atoms with Gasteiger partial charge in [-0.1, -0.05) is 22.9 Å². The largest absolute Gasteiger partial charge is 0.369 e. The third-order valence-corrected chi connectivity index (χ3v) is 3.82. The lowest BCUT2D eigenvalue weighted by Gasteiger charge is -2.35. The summed E-state index contributed by atoms with van der Waals surface area (Å²) in [5, 5.41) is 0. The number of piperazine rings is 1. The molecule has 0 bridgehead atoms. The Hall–Kier alpha value is -0.580. The quantitative estimate of drug-likeness (QED) is 0.927. The van der Waals surface area contributed by atoms with E-state index in [0.29, 0.717) is 6.54 Å². The highest BCUT2D eigenvalue weighted by Crippen LogP contribution is 2.23. The molecular weight excluding hydrogens is 278 g/mol. The van der Waals surface area contributed by atoms with Crippen LogP contribution in [0, 0.1) is 0 Å². The molecule has 94 valence electrons. The molecule has 1 aliphatic rings. The van der Waals surface area contributed by atoms with Crippen LogP contribution in [0.5, 0.6) is 0 Å². The lowest BCUT2D eigenvalue weighted by atomic mass is 10.1. The van der Waals surface area contributed by atoms with E-state index in [9.17, 15) is 0 Å². The van der Waals surface area contributed by atoms with Crippen LogP contribution in [-0.2, 0) is 6.54 Å². The smallest absolute Gasteiger partial charge is 0.0381 e. The fraction of sp³-hybridized carbons (Fsp3) is 0.538. The first-order valence-electron chi connectivity index (χ1n) is 6.19. The molecule has 1 saturated heterocycles. The summed E-state index contributed by atoms with van der Waals surface area (Å²) in [7, 11) is 0. The molecule has 0 unspecified atom stereocenters. The van der Waals surface area contributed by atoms with Crippen molar-refractivity contribution in [1.82, 2.24) is 4.90 Å². The molecule has 0 radical (unpaired) electrons. The van der Waals surface area contributed by atoms with E-state index < -0.39 is 0 Å². The maximum atomic E-state index is 5.71. The number of likely N-dealkylation sites (N-methyl/N-ethyl adjacent to an activating group) is 1. The molecule has 1 aromatic rings. The van der Waals surface area contributed by atoms with Crippen molar-refractivity contribution in [2.75, 3.05) is 37.6 Å². The molecule has 0 aromatic heterocycles. The Morgan fingerprint density at radius 1 is 1.18 bits per heavy atom. The van der Waals surface area contributed by atoms with E-state index in [1.807, 2.05) is 0 Å². The molecule has 4 heteroatoms. The number of hydrogen-bond acceptors (Lipinski definition) is 3. The maximum Gasteiger partial charge on any atom is 0.0381 e. The summed E-state index contributed by atoms with van der Waals surface area (Å²) < 4.78 is 1.12. The summed E-state index contributed by atoms with van der Waals surface area (Å²) in [5.74, 6) is 0. The van der Waals surface area contributed by atoms with Crippen LogP contribution in [0.25, 0.3) is 0 Å². The zero-order chi connectivity index (χ0) is 12.3. The van der Waals surface area contributed by atoms with E-state index in [-0.39, 0.29) is 0 Å². The van der Waals surface area contributed by atoms with Crippen molar-refractivity contribution in [3.63, 3.8) is 0 Å². The molecule has 3 nitrogen and oxygen atoms in total. The third kappa shape index (κ3) is 3.21. The van der Waals surface area contributed by atoms with Gasteiger partial charge < -0.3 is 15.5 Å². The predicted molar refractivity (Wildman–Crippen MR) is 76.4 cm³/mol. The molecule has 1 fully saturated rings. The number of hydrogen-bond donors (Lipinski definition) is 1. The first-order valence-corrected chi connectivity index (χ1v) is 6.99. The Morgan fingerprint density at radius 2 is 1.88 bits per heavy atom. The molecule has 0 atom stereocenters. The van der Waals surface area contributed by atoms with Crippen LogP contribution in [0.4, 0.5) is 5.69 Å². The minimum absolute atomic E-state index is 0.599. The maximum absolute atomic E-state index is 5.71. The third-order valence-electron chi connectivity index (χ3n) is 3.36. The van der Waals surface area contributed by atoms with Crippen LogP contribution in [0.3, 0.4) is 0 Å². The van der Waals surface area contributed by atoms with Crippen LogP contribution in [0.1, 0.15) is 12.5 Å². The Balaban J connectivity index is 2.10. The van der Waals surface area contributed by atoms with Gasteiger partial charge in [-0.2, -0.15) is 0 Å². The molecule has 2 rings (SSSR count). The first kappa shape index (κ1) is 12.9. The fourth-order valence-corrected chi connectivity index (χ4v) is 2.78. The lowest BCUT2D eigenvalue weighted by Crippen LogP contribution is -2.46. The average molecular weight is 298 g/mol. The number of halogens is 1. The summed E-state index contributed by atoms with van der Waals surface area (Å²) in [6.45, 7) is 8.49. The van der Waals surface area contributed by atoms with E-state index >= 15 is 0 Å². The second-order valence-corrected chi connectivity index (χ2v) is 5.36. The van der Waals surface area contributed by atoms with Gasteiger partial charge in [0.2, 0.25) is 0 Å². The SMILES string of the molecule is CCN1CCN(c2cc(Br)cc(CN)c2)CC1. The molecule has 2 N–H and O–H groups in total. The number of nitrogens with zero attached hydrogens (tertiary/aromatic N) is 2. The van der Waals surface area contributed by atoms with Gasteiger partial charge in [0.15, 0.2) is 0 Å².